The molecule has 0 aliphatic carbocycles. The van der Waals surface area contributed by atoms with Crippen LogP contribution in [-0.4, -0.2) is 16.1 Å². The summed E-state index contributed by atoms with van der Waals surface area (Å²) in [4.78, 5) is 24.0. The minimum atomic E-state index is -0.127. The van der Waals surface area contributed by atoms with Crippen LogP contribution in [0, 0.1) is 0 Å². The average Bonchev–Trinajstić information content (AvgIpc) is 3.06. The van der Waals surface area contributed by atoms with Gasteiger partial charge < -0.3 is 0 Å². The zero-order chi connectivity index (χ0) is 20.1. The molecule has 1 saturated heterocycles. The Balaban J connectivity index is 1.70. The van der Waals surface area contributed by atoms with Gasteiger partial charge in [0, 0.05) is 6.20 Å². The molecule has 2 aromatic carbocycles. The molecule has 0 atom stereocenters. The molecule has 4 rings (SSSR count). The van der Waals surface area contributed by atoms with Crippen LogP contribution in [0.3, 0.4) is 0 Å². The molecule has 4 nitrogen and oxygen atoms in total. The number of hydrogen-bond acceptors (Lipinski definition) is 4. The van der Waals surface area contributed by atoms with Crippen LogP contribution in [-0.2, 0) is 4.79 Å². The van der Waals surface area contributed by atoms with Crippen LogP contribution in [0.25, 0.3) is 6.08 Å². The van der Waals surface area contributed by atoms with Crippen molar-refractivity contribution in [2.24, 2.45) is 4.99 Å². The van der Waals surface area contributed by atoms with Crippen molar-refractivity contribution < 1.29 is 4.79 Å². The number of halogens is 1. The number of rotatable bonds is 4. The fraction of sp³-hybridized carbons (Fsp3) is 0. The highest BCUT2D eigenvalue weighted by molar-refractivity contribution is 8.19. The standard InChI is InChI=1S/C23H16ClN3OS/c24-21-19(14-8-16-25-21)26-23-27(18-12-5-2-6-13-18)22(28)20(29-23)15-7-11-17-9-3-1-4-10-17/h1-16H/b11-7+,20-15-,26-23?. The van der Waals surface area contributed by atoms with Gasteiger partial charge in [0.15, 0.2) is 10.3 Å². The van der Waals surface area contributed by atoms with Crippen molar-refractivity contribution >= 4 is 51.9 Å². The van der Waals surface area contributed by atoms with Crippen LogP contribution < -0.4 is 4.90 Å². The fourth-order valence-corrected chi connectivity index (χ4v) is 3.85. The Morgan fingerprint density at radius 3 is 2.41 bits per heavy atom. The maximum atomic E-state index is 13.1. The van der Waals surface area contributed by atoms with E-state index in [0.29, 0.717) is 20.9 Å². The Labute approximate surface area is 178 Å². The van der Waals surface area contributed by atoms with Gasteiger partial charge in [-0.15, -0.1) is 0 Å². The number of carbonyl (C=O) groups excluding carboxylic acids is 1. The predicted molar refractivity (Wildman–Crippen MR) is 121 cm³/mol. The third kappa shape index (κ3) is 4.47. The molecule has 1 aliphatic rings. The van der Waals surface area contributed by atoms with Gasteiger partial charge in [-0.25, -0.2) is 9.98 Å². The van der Waals surface area contributed by atoms with Gasteiger partial charge in [-0.2, -0.15) is 0 Å². The van der Waals surface area contributed by atoms with Gasteiger partial charge in [0.05, 0.1) is 10.6 Å². The first-order chi connectivity index (χ1) is 14.2. The van der Waals surface area contributed by atoms with E-state index in [1.165, 1.54) is 11.8 Å². The zero-order valence-corrected chi connectivity index (χ0v) is 16.8. The Morgan fingerprint density at radius 1 is 0.966 bits per heavy atom. The molecule has 1 fully saturated rings. The molecule has 6 heteroatoms. The summed E-state index contributed by atoms with van der Waals surface area (Å²) < 4.78 is 0. The highest BCUT2D eigenvalue weighted by atomic mass is 35.5. The number of allylic oxidation sites excluding steroid dienone is 2. The molecule has 1 amide bonds. The molecular weight excluding hydrogens is 402 g/mol. The number of pyridine rings is 1. The molecule has 0 unspecified atom stereocenters. The van der Waals surface area contributed by atoms with Gasteiger partial charge in [0.1, 0.15) is 5.69 Å². The van der Waals surface area contributed by atoms with Crippen molar-refractivity contribution in [3.8, 4) is 0 Å². The van der Waals surface area contributed by atoms with Crippen LogP contribution in [0.15, 0.2) is 101 Å². The molecule has 0 radical (unpaired) electrons. The van der Waals surface area contributed by atoms with Gasteiger partial charge in [0.25, 0.3) is 5.91 Å². The van der Waals surface area contributed by atoms with Gasteiger partial charge in [-0.1, -0.05) is 72.3 Å². The second-order valence-corrected chi connectivity index (χ2v) is 7.45. The molecule has 3 aromatic rings. The Bertz CT molecular complexity index is 1110. The summed E-state index contributed by atoms with van der Waals surface area (Å²) in [5.74, 6) is -0.127. The lowest BCUT2D eigenvalue weighted by molar-refractivity contribution is -0.113. The summed E-state index contributed by atoms with van der Waals surface area (Å²) in [6, 6.07) is 22.9. The minimum absolute atomic E-state index is 0.127. The molecule has 1 aliphatic heterocycles. The van der Waals surface area contributed by atoms with Gasteiger partial charge >= 0.3 is 0 Å². The maximum absolute atomic E-state index is 13.1. The van der Waals surface area contributed by atoms with Crippen molar-refractivity contribution in [1.82, 2.24) is 4.98 Å². The molecule has 29 heavy (non-hydrogen) atoms. The van der Waals surface area contributed by atoms with E-state index in [9.17, 15) is 4.79 Å². The number of aromatic nitrogens is 1. The first-order valence-corrected chi connectivity index (χ1v) is 10.1. The molecule has 0 bridgehead atoms. The first kappa shape index (κ1) is 19.2. The number of carbonyl (C=O) groups is 1. The smallest absolute Gasteiger partial charge is 0.268 e. The molecule has 0 N–H and O–H groups in total. The average molecular weight is 418 g/mol. The molecule has 0 saturated carbocycles. The number of nitrogens with zero attached hydrogens (tertiary/aromatic N) is 3. The number of amides is 1. The Morgan fingerprint density at radius 2 is 1.69 bits per heavy atom. The number of para-hydroxylation sites is 1. The fourth-order valence-electron chi connectivity index (χ4n) is 2.74. The summed E-state index contributed by atoms with van der Waals surface area (Å²) in [5.41, 5.74) is 2.33. The number of aliphatic imine (C=N–C) groups is 1. The number of thioether (sulfide) groups is 1. The van der Waals surface area contributed by atoms with E-state index in [2.05, 4.69) is 9.98 Å². The first-order valence-electron chi connectivity index (χ1n) is 8.92. The predicted octanol–water partition coefficient (Wildman–Crippen LogP) is 6.10. The summed E-state index contributed by atoms with van der Waals surface area (Å²) in [5, 5.41) is 0.831. The highest BCUT2D eigenvalue weighted by Crippen LogP contribution is 2.37. The minimum Gasteiger partial charge on any atom is -0.268 e. The number of benzene rings is 2. The monoisotopic (exact) mass is 417 g/mol. The third-order valence-electron chi connectivity index (χ3n) is 4.11. The van der Waals surface area contributed by atoms with Crippen LogP contribution in [0.4, 0.5) is 11.4 Å². The van der Waals surface area contributed by atoms with Crippen LogP contribution in [0.1, 0.15) is 5.56 Å². The number of hydrogen-bond donors (Lipinski definition) is 0. The molecule has 142 valence electrons. The normalized spacial score (nSPS) is 17.0. The van der Waals surface area contributed by atoms with Crippen LogP contribution >= 0.6 is 23.4 Å². The van der Waals surface area contributed by atoms with E-state index in [4.69, 9.17) is 11.6 Å². The van der Waals surface area contributed by atoms with Crippen molar-refractivity contribution in [1.29, 1.82) is 0 Å². The van der Waals surface area contributed by atoms with Crippen LogP contribution in [0.2, 0.25) is 5.15 Å². The summed E-state index contributed by atoms with van der Waals surface area (Å²) in [6.07, 6.45) is 7.25. The largest absolute Gasteiger partial charge is 0.271 e. The number of amidine groups is 1. The van der Waals surface area contributed by atoms with E-state index in [1.807, 2.05) is 78.9 Å². The third-order valence-corrected chi connectivity index (χ3v) is 5.39. The lowest BCUT2D eigenvalue weighted by atomic mass is 10.2. The van der Waals surface area contributed by atoms with Crippen LogP contribution in [0.5, 0.6) is 0 Å². The zero-order valence-electron chi connectivity index (χ0n) is 15.3. The van der Waals surface area contributed by atoms with Gasteiger partial charge in [-0.3, -0.25) is 9.69 Å². The molecule has 0 spiro atoms. The number of anilines is 1. The summed E-state index contributed by atoms with van der Waals surface area (Å²) >= 11 is 7.47. The maximum Gasteiger partial charge on any atom is 0.271 e. The Kier molecular flexibility index (Phi) is 5.89. The summed E-state index contributed by atoms with van der Waals surface area (Å²) in [6.45, 7) is 0. The van der Waals surface area contributed by atoms with Crippen molar-refractivity contribution in [3.05, 3.63) is 107 Å². The van der Waals surface area contributed by atoms with Crippen molar-refractivity contribution in [3.63, 3.8) is 0 Å². The lowest BCUT2D eigenvalue weighted by Gasteiger charge is -2.15. The highest BCUT2D eigenvalue weighted by Gasteiger charge is 2.34. The quantitative estimate of drug-likeness (QED) is 0.380. The van der Waals surface area contributed by atoms with E-state index in [-0.39, 0.29) is 5.91 Å². The van der Waals surface area contributed by atoms with Crippen molar-refractivity contribution in [2.75, 3.05) is 4.90 Å². The van der Waals surface area contributed by atoms with E-state index in [0.717, 1.165) is 11.3 Å². The van der Waals surface area contributed by atoms with E-state index in [1.54, 1.807) is 23.2 Å². The molecular formula is C23H16ClN3OS. The Hall–Kier alpha value is -3.15. The van der Waals surface area contributed by atoms with E-state index >= 15 is 0 Å². The lowest BCUT2D eigenvalue weighted by Crippen LogP contribution is -2.28. The summed E-state index contributed by atoms with van der Waals surface area (Å²) in [7, 11) is 0. The van der Waals surface area contributed by atoms with Crippen molar-refractivity contribution in [2.45, 2.75) is 0 Å². The SMILES string of the molecule is O=C1/C(=C/C=C/c2ccccc2)SC(=Nc2cccnc2Cl)N1c1ccccc1. The van der Waals surface area contributed by atoms with Gasteiger partial charge in [-0.05, 0) is 47.7 Å². The van der Waals surface area contributed by atoms with Gasteiger partial charge in [0.2, 0.25) is 0 Å². The molecule has 2 heterocycles. The second kappa shape index (κ2) is 8.90. The molecule has 1 aromatic heterocycles. The van der Waals surface area contributed by atoms with E-state index < -0.39 is 0 Å². The second-order valence-electron chi connectivity index (χ2n) is 6.09. The topological polar surface area (TPSA) is 45.6 Å².